The second-order valence-corrected chi connectivity index (χ2v) is 3.85. The van der Waals surface area contributed by atoms with E-state index in [1.807, 2.05) is 0 Å². The molecule has 98 valence electrons. The van der Waals surface area contributed by atoms with E-state index in [2.05, 4.69) is 5.32 Å². The number of aromatic carboxylic acids is 1. The van der Waals surface area contributed by atoms with Crippen molar-refractivity contribution in [1.82, 2.24) is 0 Å². The zero-order valence-corrected chi connectivity index (χ0v) is 10.2. The van der Waals surface area contributed by atoms with Gasteiger partial charge in [0.25, 0.3) is 0 Å². The summed E-state index contributed by atoms with van der Waals surface area (Å²) in [6.07, 6.45) is 0. The minimum absolute atomic E-state index is 0.116. The molecule has 0 saturated carbocycles. The lowest BCUT2D eigenvalue weighted by molar-refractivity contribution is 0.0698. The Kier molecular flexibility index (Phi) is 3.66. The van der Waals surface area contributed by atoms with E-state index in [-0.39, 0.29) is 11.4 Å². The number of nitrogens with one attached hydrogen (secondary N) is 1. The van der Waals surface area contributed by atoms with E-state index in [1.165, 1.54) is 37.4 Å². The lowest BCUT2D eigenvalue weighted by Crippen LogP contribution is -2.03. The van der Waals surface area contributed by atoms with Crippen LogP contribution in [0.3, 0.4) is 0 Å². The van der Waals surface area contributed by atoms with Crippen LogP contribution in [0.5, 0.6) is 5.75 Å². The molecular formula is C14H12FNO3. The van der Waals surface area contributed by atoms with Gasteiger partial charge >= 0.3 is 5.97 Å². The van der Waals surface area contributed by atoms with Crippen LogP contribution in [-0.2, 0) is 0 Å². The monoisotopic (exact) mass is 261 g/mol. The van der Waals surface area contributed by atoms with Gasteiger partial charge in [-0.1, -0.05) is 0 Å². The van der Waals surface area contributed by atoms with Crippen LogP contribution in [0.2, 0.25) is 0 Å². The minimum atomic E-state index is -1.05. The molecule has 0 aromatic heterocycles. The Hall–Kier alpha value is -2.56. The Morgan fingerprint density at radius 1 is 1.21 bits per heavy atom. The zero-order valence-electron chi connectivity index (χ0n) is 10.2. The maximum absolute atomic E-state index is 12.8. The van der Waals surface area contributed by atoms with Crippen molar-refractivity contribution in [2.75, 3.05) is 12.4 Å². The molecule has 5 heteroatoms. The average molecular weight is 261 g/mol. The molecule has 0 saturated heterocycles. The number of benzene rings is 2. The molecule has 0 aliphatic rings. The van der Waals surface area contributed by atoms with Gasteiger partial charge in [0, 0.05) is 11.8 Å². The van der Waals surface area contributed by atoms with E-state index in [9.17, 15) is 9.18 Å². The average Bonchev–Trinajstić information content (AvgIpc) is 2.41. The van der Waals surface area contributed by atoms with Gasteiger partial charge in [0.2, 0.25) is 0 Å². The van der Waals surface area contributed by atoms with Gasteiger partial charge in [-0.15, -0.1) is 0 Å². The van der Waals surface area contributed by atoms with Gasteiger partial charge in [-0.2, -0.15) is 0 Å². The van der Waals surface area contributed by atoms with Crippen LogP contribution in [0.4, 0.5) is 15.8 Å². The Balaban J connectivity index is 2.36. The van der Waals surface area contributed by atoms with E-state index in [1.54, 1.807) is 12.1 Å². The maximum Gasteiger partial charge on any atom is 0.337 e. The largest absolute Gasteiger partial charge is 0.497 e. The number of carbonyl (C=O) groups is 1. The van der Waals surface area contributed by atoms with Gasteiger partial charge in [0.15, 0.2) is 0 Å². The van der Waals surface area contributed by atoms with Gasteiger partial charge in [-0.05, 0) is 36.4 Å². The van der Waals surface area contributed by atoms with Crippen molar-refractivity contribution < 1.29 is 19.0 Å². The Morgan fingerprint density at radius 2 is 1.89 bits per heavy atom. The molecule has 0 fully saturated rings. The van der Waals surface area contributed by atoms with E-state index in [4.69, 9.17) is 9.84 Å². The highest BCUT2D eigenvalue weighted by Crippen LogP contribution is 2.26. The van der Waals surface area contributed by atoms with Crippen molar-refractivity contribution in [1.29, 1.82) is 0 Å². The number of anilines is 2. The second kappa shape index (κ2) is 5.39. The molecule has 19 heavy (non-hydrogen) atoms. The molecule has 2 aromatic rings. The standard InChI is InChI=1S/C14H12FNO3/c1-19-11-6-7-12(14(17)18)13(8-11)16-10-4-2-9(15)3-5-10/h2-8,16H,1H3,(H,17,18). The zero-order chi connectivity index (χ0) is 13.8. The third-order valence-electron chi connectivity index (χ3n) is 2.58. The topological polar surface area (TPSA) is 58.6 Å². The summed E-state index contributed by atoms with van der Waals surface area (Å²) in [7, 11) is 1.50. The summed E-state index contributed by atoms with van der Waals surface area (Å²) < 4.78 is 17.9. The van der Waals surface area contributed by atoms with E-state index >= 15 is 0 Å². The summed E-state index contributed by atoms with van der Waals surface area (Å²) in [6.45, 7) is 0. The maximum atomic E-state index is 12.8. The van der Waals surface area contributed by atoms with E-state index in [0.717, 1.165) is 0 Å². The van der Waals surface area contributed by atoms with Gasteiger partial charge < -0.3 is 15.2 Å². The predicted octanol–water partition coefficient (Wildman–Crippen LogP) is 3.28. The molecule has 0 unspecified atom stereocenters. The SMILES string of the molecule is COc1ccc(C(=O)O)c(Nc2ccc(F)cc2)c1. The minimum Gasteiger partial charge on any atom is -0.497 e. The molecule has 0 amide bonds. The number of hydrogen-bond acceptors (Lipinski definition) is 3. The van der Waals surface area contributed by atoms with Crippen LogP contribution in [0, 0.1) is 5.82 Å². The second-order valence-electron chi connectivity index (χ2n) is 3.85. The third kappa shape index (κ3) is 3.01. The number of hydrogen-bond donors (Lipinski definition) is 2. The Morgan fingerprint density at radius 3 is 2.47 bits per heavy atom. The van der Waals surface area contributed by atoms with Crippen molar-refractivity contribution in [3.05, 3.63) is 53.8 Å². The smallest absolute Gasteiger partial charge is 0.337 e. The van der Waals surface area contributed by atoms with Gasteiger partial charge in [-0.3, -0.25) is 0 Å². The van der Waals surface area contributed by atoms with Crippen molar-refractivity contribution in [2.24, 2.45) is 0 Å². The highest BCUT2D eigenvalue weighted by Gasteiger charge is 2.11. The summed E-state index contributed by atoms with van der Waals surface area (Å²) in [5.41, 5.74) is 1.10. The van der Waals surface area contributed by atoms with Gasteiger partial charge in [0.05, 0.1) is 18.4 Å². The number of methoxy groups -OCH3 is 1. The van der Waals surface area contributed by atoms with Crippen LogP contribution in [0.25, 0.3) is 0 Å². The lowest BCUT2D eigenvalue weighted by Gasteiger charge is -2.11. The summed E-state index contributed by atoms with van der Waals surface area (Å²) in [6, 6.07) is 10.2. The first kappa shape index (κ1) is 12.9. The van der Waals surface area contributed by atoms with E-state index < -0.39 is 5.97 Å². The van der Waals surface area contributed by atoms with Crippen molar-refractivity contribution in [3.63, 3.8) is 0 Å². The fourth-order valence-corrected chi connectivity index (χ4v) is 1.63. The molecule has 2 N–H and O–H groups in total. The Bertz CT molecular complexity index is 596. The van der Waals surface area contributed by atoms with Crippen LogP contribution < -0.4 is 10.1 Å². The van der Waals surface area contributed by atoms with Crippen LogP contribution in [0.15, 0.2) is 42.5 Å². The van der Waals surface area contributed by atoms with Gasteiger partial charge in [0.1, 0.15) is 11.6 Å². The first-order chi connectivity index (χ1) is 9.10. The molecule has 2 rings (SSSR count). The van der Waals surface area contributed by atoms with Crippen molar-refractivity contribution >= 4 is 17.3 Å². The predicted molar refractivity (Wildman–Crippen MR) is 69.6 cm³/mol. The molecular weight excluding hydrogens is 249 g/mol. The molecule has 0 bridgehead atoms. The van der Waals surface area contributed by atoms with Crippen LogP contribution in [0.1, 0.15) is 10.4 Å². The third-order valence-corrected chi connectivity index (χ3v) is 2.58. The fraction of sp³-hybridized carbons (Fsp3) is 0.0714. The van der Waals surface area contributed by atoms with Crippen molar-refractivity contribution in [3.8, 4) is 5.75 Å². The molecule has 0 heterocycles. The molecule has 0 aliphatic heterocycles. The first-order valence-corrected chi connectivity index (χ1v) is 5.54. The molecule has 0 atom stereocenters. The number of rotatable bonds is 4. The highest BCUT2D eigenvalue weighted by molar-refractivity contribution is 5.95. The van der Waals surface area contributed by atoms with Crippen LogP contribution >= 0.6 is 0 Å². The summed E-state index contributed by atoms with van der Waals surface area (Å²) in [4.78, 5) is 11.1. The Labute approximate surface area is 109 Å². The molecule has 0 spiro atoms. The summed E-state index contributed by atoms with van der Waals surface area (Å²) in [5, 5.41) is 12.0. The summed E-state index contributed by atoms with van der Waals surface area (Å²) in [5.74, 6) is -0.864. The summed E-state index contributed by atoms with van der Waals surface area (Å²) >= 11 is 0. The number of halogens is 1. The molecule has 0 aliphatic carbocycles. The fourth-order valence-electron chi connectivity index (χ4n) is 1.63. The molecule has 0 radical (unpaired) electrons. The first-order valence-electron chi connectivity index (χ1n) is 5.54. The van der Waals surface area contributed by atoms with Crippen molar-refractivity contribution in [2.45, 2.75) is 0 Å². The normalized spacial score (nSPS) is 10.0. The molecule has 2 aromatic carbocycles. The number of carboxylic acid groups (broad SMARTS) is 1. The molecule has 4 nitrogen and oxygen atoms in total. The lowest BCUT2D eigenvalue weighted by atomic mass is 10.1. The van der Waals surface area contributed by atoms with Crippen LogP contribution in [-0.4, -0.2) is 18.2 Å². The quantitative estimate of drug-likeness (QED) is 0.886. The van der Waals surface area contributed by atoms with Gasteiger partial charge in [-0.25, -0.2) is 9.18 Å². The number of carboxylic acids is 1. The number of ether oxygens (including phenoxy) is 1. The van der Waals surface area contributed by atoms with E-state index in [0.29, 0.717) is 17.1 Å². The highest BCUT2D eigenvalue weighted by atomic mass is 19.1.